The zero-order valence-corrected chi connectivity index (χ0v) is 13.8. The van der Waals surface area contributed by atoms with Crippen molar-refractivity contribution in [1.29, 1.82) is 0 Å². The summed E-state index contributed by atoms with van der Waals surface area (Å²) in [7, 11) is 0. The van der Waals surface area contributed by atoms with Gasteiger partial charge in [0.25, 0.3) is 5.91 Å². The summed E-state index contributed by atoms with van der Waals surface area (Å²) in [5, 5.41) is 13.6. The predicted molar refractivity (Wildman–Crippen MR) is 89.4 cm³/mol. The highest BCUT2D eigenvalue weighted by Gasteiger charge is 2.47. The van der Waals surface area contributed by atoms with Gasteiger partial charge in [-0.05, 0) is 36.5 Å². The summed E-state index contributed by atoms with van der Waals surface area (Å²) in [5.41, 5.74) is 1.36. The van der Waals surface area contributed by atoms with Gasteiger partial charge < -0.3 is 10.4 Å². The molecule has 1 fully saturated rings. The summed E-state index contributed by atoms with van der Waals surface area (Å²) in [6.07, 6.45) is 3.48. The van der Waals surface area contributed by atoms with Crippen LogP contribution in [-0.4, -0.2) is 16.0 Å². The third-order valence-corrected chi connectivity index (χ3v) is 4.35. The lowest BCUT2D eigenvalue weighted by Crippen LogP contribution is -2.35. The van der Waals surface area contributed by atoms with Gasteiger partial charge in [-0.25, -0.2) is 0 Å². The Morgan fingerprint density at radius 1 is 1.17 bits per heavy atom. The van der Waals surface area contributed by atoms with E-state index < -0.39 is 0 Å². The third-order valence-electron chi connectivity index (χ3n) is 4.35. The lowest BCUT2D eigenvalue weighted by Gasteiger charge is -2.22. The maximum absolute atomic E-state index is 12.7. The second kappa shape index (κ2) is 5.37. The predicted octanol–water partition coefficient (Wildman–Crippen LogP) is 3.50. The quantitative estimate of drug-likeness (QED) is 0.912. The van der Waals surface area contributed by atoms with Gasteiger partial charge in [-0.15, -0.1) is 0 Å². The molecule has 0 saturated heterocycles. The Morgan fingerprint density at radius 3 is 2.48 bits per heavy atom. The van der Waals surface area contributed by atoms with Crippen molar-refractivity contribution >= 4 is 5.91 Å². The van der Waals surface area contributed by atoms with E-state index in [9.17, 15) is 9.90 Å². The largest absolute Gasteiger partial charge is 0.507 e. The van der Waals surface area contributed by atoms with Crippen molar-refractivity contribution in [2.24, 2.45) is 0 Å². The van der Waals surface area contributed by atoms with Gasteiger partial charge in [0.2, 0.25) is 0 Å². The molecule has 2 N–H and O–H groups in total. The van der Waals surface area contributed by atoms with Crippen molar-refractivity contribution in [1.82, 2.24) is 10.3 Å². The van der Waals surface area contributed by atoms with Gasteiger partial charge in [0.1, 0.15) is 5.75 Å². The number of rotatable bonds is 3. The molecule has 23 heavy (non-hydrogen) atoms. The number of phenolic OH excluding ortho intramolecular Hbond substituents is 1. The molecule has 4 nitrogen and oxygen atoms in total. The van der Waals surface area contributed by atoms with E-state index in [1.807, 2.05) is 51.1 Å². The third kappa shape index (κ3) is 2.93. The van der Waals surface area contributed by atoms with E-state index in [0.717, 1.165) is 24.1 Å². The fraction of sp³-hybridized carbons (Fsp3) is 0.368. The summed E-state index contributed by atoms with van der Waals surface area (Å²) in [6.45, 7) is 6.04. The molecule has 1 saturated carbocycles. The number of carbonyl (C=O) groups excluding carboxylic acids is 1. The summed E-state index contributed by atoms with van der Waals surface area (Å²) >= 11 is 0. The standard InChI is InChI=1S/C19H22N2O2/c1-18(2,3)14-8-6-7-13(16(14)22)17(23)21-19(10-11-19)15-9-4-5-12-20-15/h4-9,12,22H,10-11H2,1-3H3,(H,21,23). The first-order valence-corrected chi connectivity index (χ1v) is 7.90. The van der Waals surface area contributed by atoms with Crippen LogP contribution in [0.2, 0.25) is 0 Å². The second-order valence-corrected chi connectivity index (χ2v) is 7.20. The Hall–Kier alpha value is -2.36. The summed E-state index contributed by atoms with van der Waals surface area (Å²) in [5.74, 6) is -0.189. The number of aromatic hydroxyl groups is 1. The van der Waals surface area contributed by atoms with Crippen LogP contribution in [0.5, 0.6) is 5.75 Å². The Bertz CT molecular complexity index is 729. The van der Waals surface area contributed by atoms with E-state index >= 15 is 0 Å². The van der Waals surface area contributed by atoms with Crippen LogP contribution >= 0.6 is 0 Å². The maximum Gasteiger partial charge on any atom is 0.255 e. The first-order valence-electron chi connectivity index (χ1n) is 7.90. The minimum absolute atomic E-state index is 0.0642. The number of phenols is 1. The Kier molecular flexibility index (Phi) is 3.63. The molecule has 1 amide bonds. The molecular weight excluding hydrogens is 288 g/mol. The van der Waals surface area contributed by atoms with Crippen LogP contribution in [0.25, 0.3) is 0 Å². The van der Waals surface area contributed by atoms with Gasteiger partial charge in [0.05, 0.1) is 16.8 Å². The molecular formula is C19H22N2O2. The molecule has 2 aromatic rings. The van der Waals surface area contributed by atoms with Crippen molar-refractivity contribution in [3.05, 3.63) is 59.4 Å². The summed E-state index contributed by atoms with van der Waals surface area (Å²) < 4.78 is 0. The van der Waals surface area contributed by atoms with Crippen molar-refractivity contribution in [3.63, 3.8) is 0 Å². The number of hydrogen-bond donors (Lipinski definition) is 2. The molecule has 120 valence electrons. The number of pyridine rings is 1. The van der Waals surface area contributed by atoms with E-state index in [1.165, 1.54) is 0 Å². The minimum Gasteiger partial charge on any atom is -0.507 e. The normalized spacial score (nSPS) is 16.0. The van der Waals surface area contributed by atoms with Gasteiger partial charge in [-0.2, -0.15) is 0 Å². The molecule has 0 spiro atoms. The molecule has 0 aliphatic heterocycles. The average molecular weight is 310 g/mol. The zero-order chi connectivity index (χ0) is 16.7. The fourth-order valence-corrected chi connectivity index (χ4v) is 2.83. The van der Waals surface area contributed by atoms with Gasteiger partial charge in [-0.1, -0.05) is 39.0 Å². The van der Waals surface area contributed by atoms with E-state index in [4.69, 9.17) is 0 Å². The lowest BCUT2D eigenvalue weighted by atomic mass is 9.85. The Labute approximate surface area is 136 Å². The second-order valence-electron chi connectivity index (χ2n) is 7.20. The first-order chi connectivity index (χ1) is 10.8. The van der Waals surface area contributed by atoms with Gasteiger partial charge in [-0.3, -0.25) is 9.78 Å². The van der Waals surface area contributed by atoms with Crippen LogP contribution in [-0.2, 0) is 11.0 Å². The van der Waals surface area contributed by atoms with Crippen molar-refractivity contribution in [3.8, 4) is 5.75 Å². The minimum atomic E-state index is -0.386. The fourth-order valence-electron chi connectivity index (χ4n) is 2.83. The number of aromatic nitrogens is 1. The highest BCUT2D eigenvalue weighted by atomic mass is 16.3. The zero-order valence-electron chi connectivity index (χ0n) is 13.8. The molecule has 1 aromatic heterocycles. The van der Waals surface area contributed by atoms with E-state index in [-0.39, 0.29) is 22.6 Å². The van der Waals surface area contributed by atoms with E-state index in [1.54, 1.807) is 12.3 Å². The van der Waals surface area contributed by atoms with Crippen molar-refractivity contribution in [2.45, 2.75) is 44.6 Å². The van der Waals surface area contributed by atoms with Crippen LogP contribution < -0.4 is 5.32 Å². The van der Waals surface area contributed by atoms with Gasteiger partial charge in [0.15, 0.2) is 0 Å². The summed E-state index contributed by atoms with van der Waals surface area (Å²) in [6, 6.07) is 11.0. The van der Waals surface area contributed by atoms with Crippen LogP contribution in [0.1, 0.15) is 55.2 Å². The molecule has 0 atom stereocenters. The summed E-state index contributed by atoms with van der Waals surface area (Å²) in [4.78, 5) is 17.0. The monoisotopic (exact) mass is 310 g/mol. The molecule has 0 radical (unpaired) electrons. The SMILES string of the molecule is CC(C)(C)c1cccc(C(=O)NC2(c3ccccn3)CC2)c1O. The number of nitrogens with zero attached hydrogens (tertiary/aromatic N) is 1. The number of nitrogens with one attached hydrogen (secondary N) is 1. The van der Waals surface area contributed by atoms with Crippen LogP contribution in [0, 0.1) is 0 Å². The molecule has 1 heterocycles. The number of carbonyl (C=O) groups is 1. The molecule has 4 heteroatoms. The number of hydrogen-bond acceptors (Lipinski definition) is 3. The first kappa shape index (κ1) is 15.5. The molecule has 3 rings (SSSR count). The highest BCUT2D eigenvalue weighted by molar-refractivity contribution is 5.98. The smallest absolute Gasteiger partial charge is 0.255 e. The molecule has 0 bridgehead atoms. The van der Waals surface area contributed by atoms with Crippen molar-refractivity contribution < 1.29 is 9.90 Å². The van der Waals surface area contributed by atoms with Crippen LogP contribution in [0.4, 0.5) is 0 Å². The number of amides is 1. The highest BCUT2D eigenvalue weighted by Crippen LogP contribution is 2.45. The Morgan fingerprint density at radius 2 is 1.91 bits per heavy atom. The maximum atomic E-state index is 12.7. The van der Waals surface area contributed by atoms with E-state index in [0.29, 0.717) is 5.56 Å². The Balaban J connectivity index is 1.88. The van der Waals surface area contributed by atoms with Gasteiger partial charge in [0, 0.05) is 11.8 Å². The van der Waals surface area contributed by atoms with Crippen LogP contribution in [0.15, 0.2) is 42.6 Å². The molecule has 1 aliphatic carbocycles. The lowest BCUT2D eigenvalue weighted by molar-refractivity contribution is 0.0927. The topological polar surface area (TPSA) is 62.2 Å². The van der Waals surface area contributed by atoms with Crippen LogP contribution in [0.3, 0.4) is 0 Å². The van der Waals surface area contributed by atoms with Crippen molar-refractivity contribution in [2.75, 3.05) is 0 Å². The number of para-hydroxylation sites is 1. The van der Waals surface area contributed by atoms with E-state index in [2.05, 4.69) is 10.3 Å². The van der Waals surface area contributed by atoms with Gasteiger partial charge >= 0.3 is 0 Å². The number of benzene rings is 1. The molecule has 1 aliphatic rings. The molecule has 1 aromatic carbocycles. The molecule has 0 unspecified atom stereocenters. The average Bonchev–Trinajstić information content (AvgIpc) is 3.28.